The van der Waals surface area contributed by atoms with E-state index in [1.807, 2.05) is 0 Å². The third-order valence-corrected chi connectivity index (χ3v) is 3.52. The normalized spacial score (nSPS) is 39.5. The van der Waals surface area contributed by atoms with Crippen LogP contribution in [0.15, 0.2) is 0 Å². The van der Waals surface area contributed by atoms with Gasteiger partial charge >= 0.3 is 0 Å². The lowest BCUT2D eigenvalue weighted by Gasteiger charge is -2.40. The van der Waals surface area contributed by atoms with Gasteiger partial charge in [-0.2, -0.15) is 0 Å². The highest BCUT2D eigenvalue weighted by atomic mass is 16.4. The lowest BCUT2D eigenvalue weighted by molar-refractivity contribution is -0.309. The maximum Gasteiger partial charge on any atom is 0.0584 e. The van der Waals surface area contributed by atoms with Gasteiger partial charge in [0.1, 0.15) is 0 Å². The first-order valence-electron chi connectivity index (χ1n) is 5.21. The van der Waals surface area contributed by atoms with Crippen LogP contribution in [-0.4, -0.2) is 18.6 Å². The fourth-order valence-electron chi connectivity index (χ4n) is 2.72. The zero-order valence-electron chi connectivity index (χ0n) is 7.79. The molecule has 0 spiro atoms. The fourth-order valence-corrected chi connectivity index (χ4v) is 2.72. The number of carbonyl (C=O) groups excluding carboxylic acids is 1. The molecule has 0 aromatic heterocycles. The SMILES string of the molecule is O=C([O-])[C@@H]1C[C@H]2CCCC[C@H]2CN1. The van der Waals surface area contributed by atoms with Crippen LogP contribution in [0.5, 0.6) is 0 Å². The Bertz CT molecular complexity index is 205. The number of carboxylic acids is 1. The van der Waals surface area contributed by atoms with E-state index in [2.05, 4.69) is 5.32 Å². The van der Waals surface area contributed by atoms with E-state index in [9.17, 15) is 9.90 Å². The van der Waals surface area contributed by atoms with Crippen molar-refractivity contribution >= 4 is 5.97 Å². The van der Waals surface area contributed by atoms with Gasteiger partial charge in [-0.3, -0.25) is 0 Å². The molecule has 2 aliphatic rings. The van der Waals surface area contributed by atoms with Gasteiger partial charge in [0.2, 0.25) is 0 Å². The van der Waals surface area contributed by atoms with Crippen LogP contribution >= 0.6 is 0 Å². The molecule has 3 nitrogen and oxygen atoms in total. The molecule has 2 fully saturated rings. The van der Waals surface area contributed by atoms with Crippen molar-refractivity contribution in [1.82, 2.24) is 5.32 Å². The van der Waals surface area contributed by atoms with E-state index >= 15 is 0 Å². The Labute approximate surface area is 78.5 Å². The van der Waals surface area contributed by atoms with Gasteiger partial charge in [0.15, 0.2) is 0 Å². The number of aliphatic carboxylic acids is 1. The molecule has 1 saturated carbocycles. The number of hydrogen-bond donors (Lipinski definition) is 1. The molecular formula is C10H16NO2-. The minimum atomic E-state index is -0.927. The zero-order valence-corrected chi connectivity index (χ0v) is 7.79. The van der Waals surface area contributed by atoms with E-state index in [1.165, 1.54) is 25.7 Å². The second-order valence-corrected chi connectivity index (χ2v) is 4.32. The molecule has 74 valence electrons. The second-order valence-electron chi connectivity index (χ2n) is 4.32. The molecule has 1 saturated heterocycles. The summed E-state index contributed by atoms with van der Waals surface area (Å²) >= 11 is 0. The van der Waals surface area contributed by atoms with Gasteiger partial charge in [0.25, 0.3) is 0 Å². The average molecular weight is 182 g/mol. The van der Waals surface area contributed by atoms with Gasteiger partial charge < -0.3 is 15.2 Å². The number of nitrogens with one attached hydrogen (secondary N) is 1. The van der Waals surface area contributed by atoms with Gasteiger partial charge in [0.05, 0.1) is 5.97 Å². The standard InChI is InChI=1S/C10H17NO2/c12-10(13)9-5-7-3-1-2-4-8(7)6-11-9/h7-9,11H,1-6H2,(H,12,13)/p-1/t7-,8+,9+/m1/s1. The third-order valence-electron chi connectivity index (χ3n) is 3.52. The van der Waals surface area contributed by atoms with Crippen molar-refractivity contribution in [2.45, 2.75) is 38.1 Å². The smallest absolute Gasteiger partial charge is 0.0584 e. The van der Waals surface area contributed by atoms with Crippen LogP contribution < -0.4 is 10.4 Å². The summed E-state index contributed by atoms with van der Waals surface area (Å²) < 4.78 is 0. The van der Waals surface area contributed by atoms with Crippen molar-refractivity contribution in [3.63, 3.8) is 0 Å². The van der Waals surface area contributed by atoms with Crippen LogP contribution in [0.3, 0.4) is 0 Å². The molecule has 0 radical (unpaired) electrons. The number of fused-ring (bicyclic) bond motifs is 1. The number of rotatable bonds is 1. The first-order valence-corrected chi connectivity index (χ1v) is 5.21. The van der Waals surface area contributed by atoms with Crippen LogP contribution in [0.4, 0.5) is 0 Å². The quantitative estimate of drug-likeness (QED) is 0.616. The molecular weight excluding hydrogens is 166 g/mol. The van der Waals surface area contributed by atoms with Crippen molar-refractivity contribution in [2.75, 3.05) is 6.54 Å². The summed E-state index contributed by atoms with van der Waals surface area (Å²) in [6.45, 7) is 0.878. The van der Waals surface area contributed by atoms with E-state index in [0.29, 0.717) is 5.92 Å². The van der Waals surface area contributed by atoms with Crippen molar-refractivity contribution < 1.29 is 9.90 Å². The predicted molar refractivity (Wildman–Crippen MR) is 46.9 cm³/mol. The molecule has 1 aliphatic heterocycles. The highest BCUT2D eigenvalue weighted by Gasteiger charge is 2.31. The minimum absolute atomic E-state index is 0.389. The third kappa shape index (κ3) is 1.85. The van der Waals surface area contributed by atoms with E-state index < -0.39 is 5.97 Å². The van der Waals surface area contributed by atoms with Gasteiger partial charge in [-0.25, -0.2) is 0 Å². The highest BCUT2D eigenvalue weighted by Crippen LogP contribution is 2.35. The van der Waals surface area contributed by atoms with Crippen molar-refractivity contribution in [1.29, 1.82) is 0 Å². The van der Waals surface area contributed by atoms with Crippen LogP contribution in [0.2, 0.25) is 0 Å². The summed E-state index contributed by atoms with van der Waals surface area (Å²) in [5.74, 6) is 0.436. The Balaban J connectivity index is 1.95. The van der Waals surface area contributed by atoms with Crippen LogP contribution in [-0.2, 0) is 4.79 Å². The molecule has 1 aliphatic carbocycles. The van der Waals surface area contributed by atoms with Crippen LogP contribution in [0, 0.1) is 11.8 Å². The number of carboxylic acid groups (broad SMARTS) is 1. The van der Waals surface area contributed by atoms with Gasteiger partial charge in [-0.15, -0.1) is 0 Å². The van der Waals surface area contributed by atoms with Gasteiger partial charge in [-0.1, -0.05) is 19.3 Å². The van der Waals surface area contributed by atoms with E-state index in [-0.39, 0.29) is 6.04 Å². The first-order chi connectivity index (χ1) is 6.27. The topological polar surface area (TPSA) is 52.2 Å². The molecule has 1 N–H and O–H groups in total. The summed E-state index contributed by atoms with van der Waals surface area (Å²) in [6, 6.07) is -0.389. The first kappa shape index (κ1) is 9.00. The fraction of sp³-hybridized carbons (Fsp3) is 0.900. The summed E-state index contributed by atoms with van der Waals surface area (Å²) in [5, 5.41) is 13.7. The monoisotopic (exact) mass is 182 g/mol. The molecule has 0 bridgehead atoms. The minimum Gasteiger partial charge on any atom is -0.548 e. The van der Waals surface area contributed by atoms with Crippen LogP contribution in [0.1, 0.15) is 32.1 Å². The zero-order chi connectivity index (χ0) is 9.26. The number of piperidine rings is 1. The van der Waals surface area contributed by atoms with Crippen molar-refractivity contribution in [3.8, 4) is 0 Å². The molecule has 0 amide bonds. The van der Waals surface area contributed by atoms with E-state index in [0.717, 1.165) is 18.9 Å². The Hall–Kier alpha value is -0.570. The average Bonchev–Trinajstić information content (AvgIpc) is 2.17. The van der Waals surface area contributed by atoms with Crippen molar-refractivity contribution in [2.24, 2.45) is 11.8 Å². The number of hydrogen-bond acceptors (Lipinski definition) is 3. The highest BCUT2D eigenvalue weighted by molar-refractivity contribution is 5.71. The molecule has 1 heterocycles. The summed E-state index contributed by atoms with van der Waals surface area (Å²) in [5.41, 5.74) is 0. The second kappa shape index (κ2) is 3.66. The molecule has 3 atom stereocenters. The van der Waals surface area contributed by atoms with Crippen molar-refractivity contribution in [3.05, 3.63) is 0 Å². The number of carbonyl (C=O) groups is 1. The largest absolute Gasteiger partial charge is 0.548 e. The molecule has 0 unspecified atom stereocenters. The summed E-state index contributed by atoms with van der Waals surface area (Å²) in [4.78, 5) is 10.7. The Kier molecular flexibility index (Phi) is 2.54. The van der Waals surface area contributed by atoms with E-state index in [4.69, 9.17) is 0 Å². The molecule has 2 rings (SSSR count). The summed E-state index contributed by atoms with van der Waals surface area (Å²) in [7, 11) is 0. The molecule has 13 heavy (non-hydrogen) atoms. The van der Waals surface area contributed by atoms with Gasteiger partial charge in [-0.05, 0) is 31.2 Å². The molecule has 0 aromatic carbocycles. The lowest BCUT2D eigenvalue weighted by atomic mass is 9.74. The molecule has 3 heteroatoms. The Morgan fingerprint density at radius 1 is 1.23 bits per heavy atom. The predicted octanol–water partition coefficient (Wildman–Crippen LogP) is -0.0954. The lowest BCUT2D eigenvalue weighted by Crippen LogP contribution is -2.53. The van der Waals surface area contributed by atoms with E-state index in [1.54, 1.807) is 0 Å². The van der Waals surface area contributed by atoms with Crippen LogP contribution in [0.25, 0.3) is 0 Å². The maximum absolute atomic E-state index is 10.7. The molecule has 0 aromatic rings. The Morgan fingerprint density at radius 3 is 2.62 bits per heavy atom. The summed E-state index contributed by atoms with van der Waals surface area (Å²) in [6.07, 6.45) is 5.88. The maximum atomic E-state index is 10.7. The Morgan fingerprint density at radius 2 is 1.92 bits per heavy atom. The van der Waals surface area contributed by atoms with Gasteiger partial charge in [0, 0.05) is 6.04 Å².